The van der Waals surface area contributed by atoms with E-state index in [-0.39, 0.29) is 0 Å². The van der Waals surface area contributed by atoms with Crippen LogP contribution in [0, 0.1) is 0 Å². The fourth-order valence-electron chi connectivity index (χ4n) is 4.49. The Morgan fingerprint density at radius 3 is 2.07 bits per heavy atom. The first-order chi connectivity index (χ1) is 14.8. The van der Waals surface area contributed by atoms with Gasteiger partial charge in [0.1, 0.15) is 5.82 Å². The van der Waals surface area contributed by atoms with Gasteiger partial charge in [-0.3, -0.25) is 0 Å². The van der Waals surface area contributed by atoms with Gasteiger partial charge in [-0.1, -0.05) is 61.4 Å². The van der Waals surface area contributed by atoms with E-state index in [9.17, 15) is 0 Å². The lowest BCUT2D eigenvalue weighted by Crippen LogP contribution is -2.47. The summed E-state index contributed by atoms with van der Waals surface area (Å²) >= 11 is 0. The molecule has 3 aromatic rings. The average Bonchev–Trinajstić information content (AvgIpc) is 3.33. The van der Waals surface area contributed by atoms with E-state index in [1.807, 2.05) is 6.07 Å². The van der Waals surface area contributed by atoms with Crippen molar-refractivity contribution in [2.45, 2.75) is 31.7 Å². The van der Waals surface area contributed by atoms with E-state index in [2.05, 4.69) is 75.8 Å². The first-order valence-corrected chi connectivity index (χ1v) is 11.1. The normalized spacial score (nSPS) is 17.3. The molecule has 2 aliphatic rings. The van der Waals surface area contributed by atoms with E-state index in [1.165, 1.54) is 31.4 Å². The van der Waals surface area contributed by atoms with E-state index in [0.717, 1.165) is 49.2 Å². The van der Waals surface area contributed by atoms with E-state index in [4.69, 9.17) is 9.97 Å². The number of anilines is 3. The number of hydrogen-bond donors (Lipinski definition) is 1. The molecule has 2 aromatic carbocycles. The number of nitrogens with one attached hydrogen (secondary N) is 1. The van der Waals surface area contributed by atoms with Gasteiger partial charge in [-0.05, 0) is 25.0 Å². The summed E-state index contributed by atoms with van der Waals surface area (Å²) in [4.78, 5) is 14.6. The molecule has 0 unspecified atom stereocenters. The largest absolute Gasteiger partial charge is 0.368 e. The molecule has 0 atom stereocenters. The maximum atomic E-state index is 4.96. The highest BCUT2D eigenvalue weighted by Gasteiger charge is 2.22. The summed E-state index contributed by atoms with van der Waals surface area (Å²) in [7, 11) is 0. The molecule has 1 saturated heterocycles. The molecule has 5 heteroatoms. The fraction of sp³-hybridized carbons (Fsp3) is 0.360. The predicted octanol–water partition coefficient (Wildman–Crippen LogP) is 4.82. The molecule has 2 fully saturated rings. The van der Waals surface area contributed by atoms with E-state index < -0.39 is 0 Å². The Morgan fingerprint density at radius 2 is 1.37 bits per heavy atom. The highest BCUT2D eigenvalue weighted by atomic mass is 15.3. The van der Waals surface area contributed by atoms with Gasteiger partial charge in [0, 0.05) is 49.5 Å². The molecule has 30 heavy (non-hydrogen) atoms. The van der Waals surface area contributed by atoms with Crippen LogP contribution in [0.25, 0.3) is 11.3 Å². The van der Waals surface area contributed by atoms with Crippen molar-refractivity contribution in [2.24, 2.45) is 0 Å². The highest BCUT2D eigenvalue weighted by molar-refractivity contribution is 5.65. The second-order valence-electron chi connectivity index (χ2n) is 8.24. The Labute approximate surface area is 178 Å². The van der Waals surface area contributed by atoms with Gasteiger partial charge in [-0.25, -0.2) is 4.98 Å². The number of rotatable bonds is 5. The summed E-state index contributed by atoms with van der Waals surface area (Å²) in [5, 5.41) is 3.68. The van der Waals surface area contributed by atoms with Crippen molar-refractivity contribution in [3.63, 3.8) is 0 Å². The molecule has 0 spiro atoms. The molecule has 154 valence electrons. The summed E-state index contributed by atoms with van der Waals surface area (Å²) < 4.78 is 0. The molecule has 1 aliphatic heterocycles. The van der Waals surface area contributed by atoms with Gasteiger partial charge in [0.05, 0.1) is 5.69 Å². The topological polar surface area (TPSA) is 44.3 Å². The number of hydrogen-bond acceptors (Lipinski definition) is 5. The van der Waals surface area contributed by atoms with E-state index in [0.29, 0.717) is 6.04 Å². The van der Waals surface area contributed by atoms with Gasteiger partial charge in [0.2, 0.25) is 5.95 Å². The molecule has 0 amide bonds. The lowest BCUT2D eigenvalue weighted by Gasteiger charge is -2.36. The molecule has 1 aromatic heterocycles. The smallest absolute Gasteiger partial charge is 0.227 e. The van der Waals surface area contributed by atoms with Crippen molar-refractivity contribution in [1.82, 2.24) is 9.97 Å². The van der Waals surface area contributed by atoms with Crippen LogP contribution < -0.4 is 15.1 Å². The predicted molar refractivity (Wildman–Crippen MR) is 124 cm³/mol. The Balaban J connectivity index is 1.38. The lowest BCUT2D eigenvalue weighted by molar-refractivity contribution is 0.640. The zero-order valence-corrected chi connectivity index (χ0v) is 17.4. The minimum atomic E-state index is 0.534. The number of nitrogens with zero attached hydrogens (tertiary/aromatic N) is 4. The second-order valence-corrected chi connectivity index (χ2v) is 8.24. The molecule has 1 N–H and O–H groups in total. The SMILES string of the molecule is c1ccc(-c2cc(NC3CCCC3)nc(N3CCN(c4ccccc4)CC3)n2)cc1. The molecule has 2 heterocycles. The van der Waals surface area contributed by atoms with Crippen LogP contribution in [-0.4, -0.2) is 42.2 Å². The fourth-order valence-corrected chi connectivity index (χ4v) is 4.49. The van der Waals surface area contributed by atoms with E-state index >= 15 is 0 Å². The molecule has 0 bridgehead atoms. The average molecular weight is 400 g/mol. The van der Waals surface area contributed by atoms with E-state index in [1.54, 1.807) is 0 Å². The first-order valence-electron chi connectivity index (χ1n) is 11.1. The van der Waals surface area contributed by atoms with Crippen molar-refractivity contribution in [1.29, 1.82) is 0 Å². The van der Waals surface area contributed by atoms with Gasteiger partial charge in [0.15, 0.2) is 0 Å². The zero-order chi connectivity index (χ0) is 20.2. The maximum Gasteiger partial charge on any atom is 0.227 e. The van der Waals surface area contributed by atoms with Crippen molar-refractivity contribution in [3.8, 4) is 11.3 Å². The third-order valence-corrected chi connectivity index (χ3v) is 6.17. The van der Waals surface area contributed by atoms with Crippen LogP contribution in [0.4, 0.5) is 17.5 Å². The monoisotopic (exact) mass is 399 g/mol. The van der Waals surface area contributed by atoms with Crippen LogP contribution in [-0.2, 0) is 0 Å². The van der Waals surface area contributed by atoms with Crippen molar-refractivity contribution < 1.29 is 0 Å². The molecule has 5 nitrogen and oxygen atoms in total. The Morgan fingerprint density at radius 1 is 0.733 bits per heavy atom. The van der Waals surface area contributed by atoms with Gasteiger partial charge in [-0.2, -0.15) is 4.98 Å². The molecule has 1 saturated carbocycles. The van der Waals surface area contributed by atoms with Gasteiger partial charge < -0.3 is 15.1 Å². The van der Waals surface area contributed by atoms with Crippen LogP contribution >= 0.6 is 0 Å². The van der Waals surface area contributed by atoms with Crippen LogP contribution in [0.15, 0.2) is 66.7 Å². The third kappa shape index (κ3) is 4.25. The summed E-state index contributed by atoms with van der Waals surface area (Å²) in [5.41, 5.74) is 3.42. The second kappa shape index (κ2) is 8.74. The van der Waals surface area contributed by atoms with Gasteiger partial charge in [0.25, 0.3) is 0 Å². The standard InChI is InChI=1S/C25H29N5/c1-3-9-20(10-4-1)23-19-24(26-21-11-7-8-12-21)28-25(27-23)30-17-15-29(16-18-30)22-13-5-2-6-14-22/h1-6,9-10,13-14,19,21H,7-8,11-12,15-18H2,(H,26,27,28). The molecular formula is C25H29N5. The minimum absolute atomic E-state index is 0.534. The summed E-state index contributed by atoms with van der Waals surface area (Å²) in [5.74, 6) is 1.79. The molecule has 0 radical (unpaired) electrons. The number of aromatic nitrogens is 2. The third-order valence-electron chi connectivity index (χ3n) is 6.17. The Bertz CT molecular complexity index is 946. The zero-order valence-electron chi connectivity index (χ0n) is 17.4. The number of piperazine rings is 1. The van der Waals surface area contributed by atoms with Crippen LogP contribution in [0.3, 0.4) is 0 Å². The van der Waals surface area contributed by atoms with Crippen molar-refractivity contribution in [2.75, 3.05) is 41.3 Å². The highest BCUT2D eigenvalue weighted by Crippen LogP contribution is 2.27. The number of benzene rings is 2. The van der Waals surface area contributed by atoms with Gasteiger partial charge >= 0.3 is 0 Å². The molecule has 5 rings (SSSR count). The minimum Gasteiger partial charge on any atom is -0.368 e. The molecule has 1 aliphatic carbocycles. The van der Waals surface area contributed by atoms with Crippen molar-refractivity contribution >= 4 is 17.5 Å². The summed E-state index contributed by atoms with van der Waals surface area (Å²) in [6.07, 6.45) is 5.08. The molecular weight excluding hydrogens is 370 g/mol. The van der Waals surface area contributed by atoms with Gasteiger partial charge in [-0.15, -0.1) is 0 Å². The quantitative estimate of drug-likeness (QED) is 0.666. The number of para-hydroxylation sites is 1. The Kier molecular flexibility index (Phi) is 5.51. The first kappa shape index (κ1) is 18.9. The van der Waals surface area contributed by atoms with Crippen molar-refractivity contribution in [3.05, 3.63) is 66.7 Å². The lowest BCUT2D eigenvalue weighted by atomic mass is 10.1. The van der Waals surface area contributed by atoms with Crippen LogP contribution in [0.5, 0.6) is 0 Å². The van der Waals surface area contributed by atoms with Crippen LogP contribution in [0.2, 0.25) is 0 Å². The maximum absolute atomic E-state index is 4.96. The summed E-state index contributed by atoms with van der Waals surface area (Å²) in [6, 6.07) is 23.7. The summed E-state index contributed by atoms with van der Waals surface area (Å²) in [6.45, 7) is 3.81. The van der Waals surface area contributed by atoms with Crippen LogP contribution in [0.1, 0.15) is 25.7 Å². The Hall–Kier alpha value is -3.08.